The van der Waals surface area contributed by atoms with Crippen molar-refractivity contribution < 1.29 is 24.4 Å². The Morgan fingerprint density at radius 2 is 1.93 bits per heavy atom. The fourth-order valence-electron chi connectivity index (χ4n) is 1.73. The molecule has 0 spiro atoms. The minimum Gasteiger partial charge on any atom is -0.388 e. The van der Waals surface area contributed by atoms with E-state index in [0.717, 1.165) is 0 Å². The highest BCUT2D eigenvalue weighted by atomic mass is 16.7. The second-order valence-electron chi connectivity index (χ2n) is 3.48. The van der Waals surface area contributed by atoms with E-state index < -0.39 is 30.7 Å². The molecule has 1 fully saturated rings. The van der Waals surface area contributed by atoms with E-state index in [1.54, 1.807) is 6.08 Å². The van der Waals surface area contributed by atoms with Crippen LogP contribution in [0.3, 0.4) is 0 Å². The molecule has 5 heteroatoms. The minimum absolute atomic E-state index is 0.458. The van der Waals surface area contributed by atoms with Crippen molar-refractivity contribution in [3.8, 4) is 0 Å². The van der Waals surface area contributed by atoms with Crippen molar-refractivity contribution in [2.24, 2.45) is 0 Å². The largest absolute Gasteiger partial charge is 0.388 e. The minimum atomic E-state index is -0.990. The third-order valence-corrected chi connectivity index (χ3v) is 2.55. The molecule has 5 atom stereocenters. The van der Waals surface area contributed by atoms with E-state index >= 15 is 0 Å². The molecule has 0 radical (unpaired) electrons. The lowest BCUT2D eigenvalue weighted by Crippen LogP contribution is -2.58. The fourth-order valence-corrected chi connectivity index (χ4v) is 1.73. The maximum absolute atomic E-state index is 9.83. The Morgan fingerprint density at radius 3 is 2.40 bits per heavy atom. The molecule has 1 saturated heterocycles. The zero-order valence-electron chi connectivity index (χ0n) is 9.00. The van der Waals surface area contributed by atoms with Gasteiger partial charge in [0.05, 0.1) is 6.10 Å². The lowest BCUT2D eigenvalue weighted by atomic mass is 9.97. The van der Waals surface area contributed by atoms with E-state index in [0.29, 0.717) is 6.42 Å². The van der Waals surface area contributed by atoms with Crippen molar-refractivity contribution in [1.29, 1.82) is 0 Å². The van der Waals surface area contributed by atoms with E-state index in [9.17, 15) is 10.2 Å². The van der Waals surface area contributed by atoms with Gasteiger partial charge in [0.1, 0.15) is 18.3 Å². The van der Waals surface area contributed by atoms with E-state index in [1.165, 1.54) is 14.2 Å². The van der Waals surface area contributed by atoms with Gasteiger partial charge in [-0.25, -0.2) is 0 Å². The maximum Gasteiger partial charge on any atom is 0.186 e. The summed E-state index contributed by atoms with van der Waals surface area (Å²) in [6.07, 6.45) is -1.68. The van der Waals surface area contributed by atoms with Crippen molar-refractivity contribution in [3.63, 3.8) is 0 Å². The molecule has 2 N–H and O–H groups in total. The van der Waals surface area contributed by atoms with Crippen LogP contribution in [0, 0.1) is 0 Å². The van der Waals surface area contributed by atoms with Crippen LogP contribution in [-0.2, 0) is 14.2 Å². The first-order valence-electron chi connectivity index (χ1n) is 4.83. The van der Waals surface area contributed by atoms with Gasteiger partial charge in [0.15, 0.2) is 6.29 Å². The van der Waals surface area contributed by atoms with Gasteiger partial charge in [0, 0.05) is 14.2 Å². The smallest absolute Gasteiger partial charge is 0.186 e. The Morgan fingerprint density at radius 1 is 1.27 bits per heavy atom. The van der Waals surface area contributed by atoms with Crippen LogP contribution in [-0.4, -0.2) is 55.1 Å². The van der Waals surface area contributed by atoms with Crippen LogP contribution >= 0.6 is 0 Å². The molecule has 0 bridgehead atoms. The van der Waals surface area contributed by atoms with Crippen LogP contribution in [0.2, 0.25) is 0 Å². The fraction of sp³-hybridized carbons (Fsp3) is 0.800. The van der Waals surface area contributed by atoms with Gasteiger partial charge in [-0.3, -0.25) is 0 Å². The van der Waals surface area contributed by atoms with Gasteiger partial charge in [-0.2, -0.15) is 0 Å². The molecule has 0 aromatic heterocycles. The van der Waals surface area contributed by atoms with Gasteiger partial charge in [0.2, 0.25) is 0 Å². The van der Waals surface area contributed by atoms with Crippen LogP contribution < -0.4 is 0 Å². The Balaban J connectivity index is 2.74. The van der Waals surface area contributed by atoms with Gasteiger partial charge in [-0.05, 0) is 6.42 Å². The summed E-state index contributed by atoms with van der Waals surface area (Å²) in [6.45, 7) is 3.57. The van der Waals surface area contributed by atoms with Crippen molar-refractivity contribution in [2.75, 3.05) is 14.2 Å². The average molecular weight is 218 g/mol. The third kappa shape index (κ3) is 2.56. The van der Waals surface area contributed by atoms with E-state index in [2.05, 4.69) is 6.58 Å². The first-order valence-corrected chi connectivity index (χ1v) is 4.83. The van der Waals surface area contributed by atoms with Crippen molar-refractivity contribution in [1.82, 2.24) is 0 Å². The zero-order valence-corrected chi connectivity index (χ0v) is 9.00. The highest BCUT2D eigenvalue weighted by molar-refractivity contribution is 4.92. The number of aliphatic hydroxyl groups excluding tert-OH is 2. The monoisotopic (exact) mass is 218 g/mol. The van der Waals surface area contributed by atoms with Gasteiger partial charge in [0.25, 0.3) is 0 Å². The predicted molar refractivity (Wildman–Crippen MR) is 53.3 cm³/mol. The third-order valence-electron chi connectivity index (χ3n) is 2.55. The van der Waals surface area contributed by atoms with E-state index in [4.69, 9.17) is 14.2 Å². The summed E-state index contributed by atoms with van der Waals surface area (Å²) < 4.78 is 15.4. The molecule has 0 aromatic carbocycles. The summed E-state index contributed by atoms with van der Waals surface area (Å²) in [5, 5.41) is 19.6. The van der Waals surface area contributed by atoms with Gasteiger partial charge in [-0.1, -0.05) is 6.08 Å². The van der Waals surface area contributed by atoms with Gasteiger partial charge in [-0.15, -0.1) is 6.58 Å². The van der Waals surface area contributed by atoms with Crippen LogP contribution in [0.25, 0.3) is 0 Å². The van der Waals surface area contributed by atoms with Gasteiger partial charge < -0.3 is 24.4 Å². The molecule has 0 aliphatic carbocycles. The predicted octanol–water partition coefficient (Wildman–Crippen LogP) is -0.329. The first-order chi connectivity index (χ1) is 7.15. The van der Waals surface area contributed by atoms with Crippen molar-refractivity contribution in [2.45, 2.75) is 37.1 Å². The SMILES string of the molecule is C=CC[C@H]1O[C@H](OC)[C@H](O)[C@@H](OC)[C@@H]1O. The molecule has 15 heavy (non-hydrogen) atoms. The molecule has 1 aliphatic rings. The van der Waals surface area contributed by atoms with Crippen LogP contribution in [0.4, 0.5) is 0 Å². The van der Waals surface area contributed by atoms with Crippen LogP contribution in [0.5, 0.6) is 0 Å². The normalized spacial score (nSPS) is 41.5. The average Bonchev–Trinajstić information content (AvgIpc) is 2.23. The highest BCUT2D eigenvalue weighted by Gasteiger charge is 2.44. The first kappa shape index (κ1) is 12.6. The summed E-state index contributed by atoms with van der Waals surface area (Å²) in [5.41, 5.74) is 0. The van der Waals surface area contributed by atoms with Crippen LogP contribution in [0.15, 0.2) is 12.7 Å². The Labute approximate surface area is 89.3 Å². The van der Waals surface area contributed by atoms with Gasteiger partial charge >= 0.3 is 0 Å². The molecule has 5 nitrogen and oxygen atoms in total. The number of aliphatic hydroxyl groups is 2. The molecule has 1 aliphatic heterocycles. The molecule has 1 heterocycles. The highest BCUT2D eigenvalue weighted by Crippen LogP contribution is 2.25. The van der Waals surface area contributed by atoms with E-state index in [1.807, 2.05) is 0 Å². The van der Waals surface area contributed by atoms with Crippen LogP contribution in [0.1, 0.15) is 6.42 Å². The molecule has 0 saturated carbocycles. The Kier molecular flexibility index (Phi) is 4.69. The molecular formula is C10H18O5. The topological polar surface area (TPSA) is 68.2 Å². The summed E-state index contributed by atoms with van der Waals surface area (Å²) in [5.74, 6) is 0. The Hall–Kier alpha value is -0.460. The summed E-state index contributed by atoms with van der Waals surface area (Å²) in [4.78, 5) is 0. The molecule has 1 rings (SSSR count). The quantitative estimate of drug-likeness (QED) is 0.632. The molecular weight excluding hydrogens is 200 g/mol. The maximum atomic E-state index is 9.83. The molecule has 88 valence electrons. The lowest BCUT2D eigenvalue weighted by molar-refractivity contribution is -0.292. The zero-order chi connectivity index (χ0) is 11.4. The summed E-state index contributed by atoms with van der Waals surface area (Å²) in [6, 6.07) is 0. The summed E-state index contributed by atoms with van der Waals surface area (Å²) >= 11 is 0. The molecule has 0 aromatic rings. The lowest BCUT2D eigenvalue weighted by Gasteiger charge is -2.41. The van der Waals surface area contributed by atoms with E-state index in [-0.39, 0.29) is 0 Å². The van der Waals surface area contributed by atoms with Crippen molar-refractivity contribution >= 4 is 0 Å². The Bertz CT molecular complexity index is 208. The molecule has 0 unspecified atom stereocenters. The molecule has 0 amide bonds. The standard InChI is InChI=1S/C10H18O5/c1-4-5-6-7(11)9(13-2)8(12)10(14-3)15-6/h4,6-12H,1,5H2,2-3H3/t6-,7-,8-,9+,10+/m1/s1. The number of methoxy groups -OCH3 is 2. The number of hydrogen-bond donors (Lipinski definition) is 2. The second kappa shape index (κ2) is 5.58. The number of rotatable bonds is 4. The second-order valence-corrected chi connectivity index (χ2v) is 3.48. The summed E-state index contributed by atoms with van der Waals surface area (Å²) in [7, 11) is 2.86. The number of hydrogen-bond acceptors (Lipinski definition) is 5. The van der Waals surface area contributed by atoms with Crippen molar-refractivity contribution in [3.05, 3.63) is 12.7 Å². The number of ether oxygens (including phenoxy) is 3.